The van der Waals surface area contributed by atoms with Crippen LogP contribution in [0.15, 0.2) is 24.3 Å². The van der Waals surface area contributed by atoms with Crippen LogP contribution in [-0.4, -0.2) is 14.9 Å². The predicted molar refractivity (Wildman–Crippen MR) is 147 cm³/mol. The SMILES string of the molecule is CC[Si+](CC)CC.Fc1cc(F)c([B-](c2c(F)cc(F)c(F)c2F)(c2c(F)cc(F)c(F)c2F)c2c(F)cc(F)c(F)c2F)c(F)c1F. The first-order chi connectivity index (χ1) is 22.3. The highest BCUT2D eigenvalue weighted by Crippen LogP contribution is 2.27. The molecule has 0 aliphatic rings. The van der Waals surface area contributed by atoms with Crippen LogP contribution in [0.1, 0.15) is 20.8 Å². The Bertz CT molecular complexity index is 1610. The van der Waals surface area contributed by atoms with Crippen LogP contribution in [-0.2, 0) is 0 Å². The summed E-state index contributed by atoms with van der Waals surface area (Å²) < 4.78 is 235. The van der Waals surface area contributed by atoms with Crippen LogP contribution in [0.25, 0.3) is 0 Å². The van der Waals surface area contributed by atoms with E-state index in [1.165, 1.54) is 18.1 Å². The van der Waals surface area contributed by atoms with E-state index in [1.807, 2.05) is 0 Å². The van der Waals surface area contributed by atoms with Crippen LogP contribution >= 0.6 is 0 Å². The second-order valence-corrected chi connectivity index (χ2v) is 13.8. The van der Waals surface area contributed by atoms with Gasteiger partial charge in [-0.25, -0.2) is 70.2 Å². The minimum atomic E-state index is -6.18. The fourth-order valence-corrected chi connectivity index (χ4v) is 7.02. The summed E-state index contributed by atoms with van der Waals surface area (Å²) in [6, 6.07) is 1.44. The highest BCUT2D eigenvalue weighted by Gasteiger charge is 2.49. The van der Waals surface area contributed by atoms with Gasteiger partial charge in [0.1, 0.15) is 29.4 Å². The summed E-state index contributed by atoms with van der Waals surface area (Å²) in [5.74, 6) is -45.1. The number of rotatable bonds is 7. The molecule has 0 unspecified atom stereocenters. The number of hydrogen-bond donors (Lipinski definition) is 0. The van der Waals surface area contributed by atoms with E-state index in [-0.39, 0.29) is 8.80 Å². The summed E-state index contributed by atoms with van der Waals surface area (Å²) in [6.45, 7) is 6.92. The monoisotopic (exact) mass is 722 g/mol. The number of benzene rings is 4. The van der Waals surface area contributed by atoms with Crippen molar-refractivity contribution in [3.8, 4) is 0 Å². The fourth-order valence-electron chi connectivity index (χ4n) is 5.52. The lowest BCUT2D eigenvalue weighted by atomic mass is 9.12. The smallest absolute Gasteiger partial charge is 0.210 e. The van der Waals surface area contributed by atoms with Gasteiger partial charge in [-0.1, -0.05) is 0 Å². The average Bonchev–Trinajstić information content (AvgIpc) is 3.01. The van der Waals surface area contributed by atoms with Gasteiger partial charge in [0, 0.05) is 24.3 Å². The molecule has 0 N–H and O–H groups in total. The lowest BCUT2D eigenvalue weighted by Gasteiger charge is -2.44. The van der Waals surface area contributed by atoms with Crippen molar-refractivity contribution in [2.45, 2.75) is 38.9 Å². The lowest BCUT2D eigenvalue weighted by Crippen LogP contribution is -2.80. The molecule has 0 radical (unpaired) electrons. The highest BCUT2D eigenvalue weighted by molar-refractivity contribution is 7.20. The van der Waals surface area contributed by atoms with Gasteiger partial charge in [-0.05, 0) is 20.8 Å². The van der Waals surface area contributed by atoms with Crippen molar-refractivity contribution in [2.24, 2.45) is 0 Å². The summed E-state index contributed by atoms with van der Waals surface area (Å²) in [6.07, 6.45) is -6.18. The van der Waals surface area contributed by atoms with Crippen LogP contribution in [0.3, 0.4) is 0 Å². The first-order valence-electron chi connectivity index (χ1n) is 13.7. The second-order valence-electron chi connectivity index (χ2n) is 10.2. The van der Waals surface area contributed by atoms with E-state index in [2.05, 4.69) is 20.8 Å². The van der Waals surface area contributed by atoms with E-state index in [0.717, 1.165) is 0 Å². The first-order valence-corrected chi connectivity index (χ1v) is 15.8. The summed E-state index contributed by atoms with van der Waals surface area (Å²) in [7, 11) is 0.137. The van der Waals surface area contributed by atoms with Crippen LogP contribution in [0, 0.1) is 93.1 Å². The Morgan fingerprint density at radius 3 is 0.667 bits per heavy atom. The lowest BCUT2D eigenvalue weighted by molar-refractivity contribution is 0.434. The maximum Gasteiger partial charge on any atom is 0.313 e. The van der Waals surface area contributed by atoms with Gasteiger partial charge in [-0.3, -0.25) is 0 Å². The van der Waals surface area contributed by atoms with Gasteiger partial charge >= 0.3 is 8.80 Å². The molecule has 18 heteroatoms. The van der Waals surface area contributed by atoms with Gasteiger partial charge in [0.15, 0.2) is 46.5 Å². The molecular formula is C30H19BF16Si. The van der Waals surface area contributed by atoms with E-state index >= 15 is 35.1 Å². The van der Waals surface area contributed by atoms with Gasteiger partial charge in [-0.2, -0.15) is 0 Å². The topological polar surface area (TPSA) is 0 Å². The Kier molecular flexibility index (Phi) is 11.8. The minimum absolute atomic E-state index is 0.137. The quantitative estimate of drug-likeness (QED) is 0.0791. The predicted octanol–water partition coefficient (Wildman–Crippen LogP) is 7.83. The van der Waals surface area contributed by atoms with Crippen LogP contribution in [0.5, 0.6) is 0 Å². The highest BCUT2D eigenvalue weighted by atomic mass is 28.3. The summed E-state index contributed by atoms with van der Waals surface area (Å²) in [4.78, 5) is 0. The molecule has 0 aliphatic carbocycles. The maximum absolute atomic E-state index is 15.3. The molecule has 0 aliphatic heterocycles. The molecule has 0 fully saturated rings. The first kappa shape index (κ1) is 38.5. The van der Waals surface area contributed by atoms with Gasteiger partial charge in [0.2, 0.25) is 0 Å². The summed E-state index contributed by atoms with van der Waals surface area (Å²) in [5, 5.41) is 0. The van der Waals surface area contributed by atoms with Crippen LogP contribution in [0.4, 0.5) is 70.2 Å². The molecule has 0 aromatic heterocycles. The third-order valence-electron chi connectivity index (χ3n) is 7.83. The minimum Gasteiger partial charge on any atom is -0.210 e. The van der Waals surface area contributed by atoms with E-state index in [0.29, 0.717) is 0 Å². The van der Waals surface area contributed by atoms with Crippen molar-refractivity contribution in [1.29, 1.82) is 0 Å². The molecular weight excluding hydrogens is 703 g/mol. The molecule has 4 aromatic carbocycles. The van der Waals surface area contributed by atoms with Crippen molar-refractivity contribution >= 4 is 36.8 Å². The van der Waals surface area contributed by atoms with Crippen molar-refractivity contribution in [1.82, 2.24) is 0 Å². The van der Waals surface area contributed by atoms with Gasteiger partial charge < -0.3 is 0 Å². The Morgan fingerprint density at radius 1 is 0.333 bits per heavy atom. The number of halogens is 16. The van der Waals surface area contributed by atoms with Crippen molar-refractivity contribution < 1.29 is 70.2 Å². The van der Waals surface area contributed by atoms with Crippen LogP contribution in [0.2, 0.25) is 18.1 Å². The van der Waals surface area contributed by atoms with Crippen molar-refractivity contribution in [3.63, 3.8) is 0 Å². The summed E-state index contributed by atoms with van der Waals surface area (Å²) in [5.41, 5.74) is -10.9. The Balaban J connectivity index is 0.000000804. The molecule has 258 valence electrons. The zero-order valence-corrected chi connectivity index (χ0v) is 25.6. The van der Waals surface area contributed by atoms with Gasteiger partial charge in [0.25, 0.3) is 0 Å². The third kappa shape index (κ3) is 6.30. The third-order valence-corrected chi connectivity index (χ3v) is 10.8. The molecule has 0 saturated heterocycles. The molecule has 4 rings (SSSR count). The normalized spacial score (nSPS) is 11.5. The Morgan fingerprint density at radius 2 is 0.521 bits per heavy atom. The van der Waals surface area contributed by atoms with Crippen LogP contribution < -0.4 is 21.9 Å². The molecule has 0 spiro atoms. The molecule has 0 amide bonds. The van der Waals surface area contributed by atoms with Gasteiger partial charge in [0.05, 0.1) is 41.4 Å². The largest absolute Gasteiger partial charge is 0.313 e. The molecule has 0 bridgehead atoms. The molecule has 0 saturated carbocycles. The molecule has 0 nitrogen and oxygen atoms in total. The Labute approximate surface area is 263 Å². The van der Waals surface area contributed by atoms with Gasteiger partial charge in [-0.15, -0.1) is 21.9 Å². The van der Waals surface area contributed by atoms with E-state index < -0.39 is 145 Å². The van der Waals surface area contributed by atoms with E-state index in [4.69, 9.17) is 0 Å². The second kappa shape index (κ2) is 14.7. The van der Waals surface area contributed by atoms with Crippen molar-refractivity contribution in [3.05, 3.63) is 117 Å². The van der Waals surface area contributed by atoms with Crippen molar-refractivity contribution in [2.75, 3.05) is 0 Å². The standard InChI is InChI=1S/C24H4BF16.C6H15Si/c26-5-1-9(30)17(34)21(38)13(5)25(14-6(27)2-10(31)18(35)22(14)39,15-7(28)3-11(32)19(36)23(15)40)16-8(29)4-12(33)20(37)24(16)41;1-4-7(5-2)6-3/h1-4H;4-6H2,1-3H3/q-1;+1. The molecule has 0 heterocycles. The Hall–Kier alpha value is -3.96. The molecule has 48 heavy (non-hydrogen) atoms. The summed E-state index contributed by atoms with van der Waals surface area (Å²) >= 11 is 0. The molecule has 0 atom stereocenters. The van der Waals surface area contributed by atoms with E-state index in [1.54, 1.807) is 0 Å². The zero-order valence-electron chi connectivity index (χ0n) is 24.6. The number of hydrogen-bond acceptors (Lipinski definition) is 0. The zero-order chi connectivity index (χ0) is 36.6. The fraction of sp³-hybridized carbons (Fsp3) is 0.200. The van der Waals surface area contributed by atoms with E-state index in [9.17, 15) is 35.1 Å². The molecule has 4 aromatic rings. The average molecular weight is 722 g/mol. The maximum atomic E-state index is 15.3.